The molecule has 146 valence electrons. The molecule has 0 amide bonds. The van der Waals surface area contributed by atoms with E-state index in [0.717, 1.165) is 22.0 Å². The molecule has 6 nitrogen and oxygen atoms in total. The van der Waals surface area contributed by atoms with Crippen molar-refractivity contribution < 1.29 is 13.9 Å². The fourth-order valence-corrected chi connectivity index (χ4v) is 3.31. The van der Waals surface area contributed by atoms with E-state index in [-0.39, 0.29) is 12.5 Å². The third-order valence-electron chi connectivity index (χ3n) is 4.65. The van der Waals surface area contributed by atoms with Crippen LogP contribution in [0, 0.1) is 6.92 Å². The minimum Gasteiger partial charge on any atom is -0.452 e. The number of hydrogen-bond donors (Lipinski definition) is 0. The van der Waals surface area contributed by atoms with Crippen LogP contribution in [0.2, 0.25) is 5.02 Å². The van der Waals surface area contributed by atoms with Crippen LogP contribution in [0.3, 0.4) is 0 Å². The Bertz CT molecular complexity index is 1190. The number of benzene rings is 2. The van der Waals surface area contributed by atoms with Gasteiger partial charge in [0.15, 0.2) is 6.61 Å². The molecule has 0 spiro atoms. The summed E-state index contributed by atoms with van der Waals surface area (Å²) < 4.78 is 11.1. The van der Waals surface area contributed by atoms with E-state index < -0.39 is 5.97 Å². The van der Waals surface area contributed by atoms with Crippen molar-refractivity contribution >= 4 is 28.5 Å². The summed E-state index contributed by atoms with van der Waals surface area (Å²) in [6.07, 6.45) is 0.622. The molecular weight excluding hydrogens is 390 g/mol. The normalized spacial score (nSPS) is 11.0. The van der Waals surface area contributed by atoms with Gasteiger partial charge in [0.25, 0.3) is 5.89 Å². The molecule has 29 heavy (non-hydrogen) atoms. The number of pyridine rings is 1. The second-order valence-corrected chi connectivity index (χ2v) is 6.95. The number of para-hydroxylation sites is 1. The molecule has 7 heteroatoms. The summed E-state index contributed by atoms with van der Waals surface area (Å²) in [4.78, 5) is 17.4. The maximum atomic E-state index is 12.8. The van der Waals surface area contributed by atoms with Crippen molar-refractivity contribution in [3.05, 3.63) is 76.3 Å². The molecule has 0 saturated heterocycles. The van der Waals surface area contributed by atoms with E-state index >= 15 is 0 Å². The van der Waals surface area contributed by atoms with Crippen molar-refractivity contribution in [3.8, 4) is 11.5 Å². The van der Waals surface area contributed by atoms with Crippen LogP contribution in [0.1, 0.15) is 34.4 Å². The fraction of sp³-hybridized carbons (Fsp3) is 0.182. The Morgan fingerprint density at radius 2 is 1.86 bits per heavy atom. The van der Waals surface area contributed by atoms with E-state index in [1.54, 1.807) is 24.3 Å². The van der Waals surface area contributed by atoms with Crippen molar-refractivity contribution in [3.63, 3.8) is 0 Å². The first kappa shape index (κ1) is 19.1. The molecule has 2 aromatic heterocycles. The molecule has 0 N–H and O–H groups in total. The number of aryl methyl sites for hydroxylation is 2. The van der Waals surface area contributed by atoms with Crippen LogP contribution in [0.5, 0.6) is 0 Å². The zero-order valence-corrected chi connectivity index (χ0v) is 16.7. The Morgan fingerprint density at radius 1 is 1.10 bits per heavy atom. The third-order valence-corrected chi connectivity index (χ3v) is 4.90. The summed E-state index contributed by atoms with van der Waals surface area (Å²) in [7, 11) is 0. The predicted molar refractivity (Wildman–Crippen MR) is 110 cm³/mol. The topological polar surface area (TPSA) is 78.1 Å². The summed E-state index contributed by atoms with van der Waals surface area (Å²) in [6.45, 7) is 3.75. The van der Waals surface area contributed by atoms with Crippen molar-refractivity contribution in [2.24, 2.45) is 0 Å². The highest BCUT2D eigenvalue weighted by Crippen LogP contribution is 2.25. The highest BCUT2D eigenvalue weighted by atomic mass is 35.5. The first-order valence-corrected chi connectivity index (χ1v) is 9.58. The molecule has 0 fully saturated rings. The van der Waals surface area contributed by atoms with Gasteiger partial charge in [0.2, 0.25) is 5.89 Å². The molecule has 0 bridgehead atoms. The van der Waals surface area contributed by atoms with Gasteiger partial charge in [-0.05, 0) is 49.2 Å². The number of carbonyl (C=O) groups excluding carboxylic acids is 1. The Labute approximate surface area is 172 Å². The van der Waals surface area contributed by atoms with Gasteiger partial charge >= 0.3 is 5.97 Å². The zero-order valence-electron chi connectivity index (χ0n) is 16.0. The van der Waals surface area contributed by atoms with Crippen molar-refractivity contribution in [1.29, 1.82) is 0 Å². The van der Waals surface area contributed by atoms with Gasteiger partial charge in [0, 0.05) is 16.0 Å². The van der Waals surface area contributed by atoms with E-state index in [9.17, 15) is 4.79 Å². The number of rotatable bonds is 5. The summed E-state index contributed by atoms with van der Waals surface area (Å²) in [6, 6.07) is 14.8. The second kappa shape index (κ2) is 8.01. The van der Waals surface area contributed by atoms with Crippen LogP contribution in [0.4, 0.5) is 0 Å². The average Bonchev–Trinajstić information content (AvgIpc) is 3.21. The number of nitrogens with zero attached hydrogens (tertiary/aromatic N) is 3. The summed E-state index contributed by atoms with van der Waals surface area (Å²) in [5.74, 6) is 0.0992. The van der Waals surface area contributed by atoms with E-state index in [1.165, 1.54) is 0 Å². The SMILES string of the molecule is CCc1nc2ccccc2c(C)c1C(=O)OCc1nnc(-c2ccc(Cl)cc2)o1. The minimum absolute atomic E-state index is 0.116. The minimum atomic E-state index is -0.455. The molecule has 2 heterocycles. The lowest BCUT2D eigenvalue weighted by molar-refractivity contribution is 0.0436. The molecular formula is C22H18ClN3O3. The molecule has 4 rings (SSSR count). The molecule has 0 aliphatic heterocycles. The largest absolute Gasteiger partial charge is 0.452 e. The number of carbonyl (C=O) groups is 1. The first-order chi connectivity index (χ1) is 14.1. The lowest BCUT2D eigenvalue weighted by Gasteiger charge is -2.12. The Balaban J connectivity index is 1.55. The van der Waals surface area contributed by atoms with Gasteiger partial charge in [0.05, 0.1) is 16.8 Å². The number of halogens is 1. The van der Waals surface area contributed by atoms with Gasteiger partial charge < -0.3 is 9.15 Å². The monoisotopic (exact) mass is 407 g/mol. The van der Waals surface area contributed by atoms with Gasteiger partial charge in [-0.2, -0.15) is 0 Å². The van der Waals surface area contributed by atoms with Crippen LogP contribution in [0.25, 0.3) is 22.4 Å². The quantitative estimate of drug-likeness (QED) is 0.425. The lowest BCUT2D eigenvalue weighted by Crippen LogP contribution is -2.12. The van der Waals surface area contributed by atoms with Gasteiger partial charge in [-0.3, -0.25) is 4.98 Å². The van der Waals surface area contributed by atoms with Crippen molar-refractivity contribution in [2.45, 2.75) is 26.9 Å². The highest BCUT2D eigenvalue weighted by molar-refractivity contribution is 6.30. The van der Waals surface area contributed by atoms with Gasteiger partial charge in [-0.25, -0.2) is 4.79 Å². The highest BCUT2D eigenvalue weighted by Gasteiger charge is 2.20. The van der Waals surface area contributed by atoms with Crippen molar-refractivity contribution in [1.82, 2.24) is 15.2 Å². The summed E-state index contributed by atoms with van der Waals surface area (Å²) in [5, 5.41) is 9.50. The molecule has 4 aromatic rings. The zero-order chi connectivity index (χ0) is 20.4. The number of esters is 1. The Hall–Kier alpha value is -3.25. The van der Waals surface area contributed by atoms with E-state index in [4.69, 9.17) is 20.8 Å². The van der Waals surface area contributed by atoms with Crippen LogP contribution in [-0.2, 0) is 17.8 Å². The standard InChI is InChI=1S/C22H18ClN3O3/c1-3-17-20(13(2)16-6-4-5-7-18(16)24-17)22(27)28-12-19-25-26-21(29-19)14-8-10-15(23)11-9-14/h4-11H,3,12H2,1-2H3. The predicted octanol–water partition coefficient (Wildman–Crippen LogP) is 5.17. The summed E-state index contributed by atoms with van der Waals surface area (Å²) in [5.41, 5.74) is 3.65. The Kier molecular flexibility index (Phi) is 5.27. The van der Waals surface area contributed by atoms with Crippen LogP contribution in [-0.4, -0.2) is 21.2 Å². The number of ether oxygens (including phenoxy) is 1. The van der Waals surface area contributed by atoms with Crippen molar-refractivity contribution in [2.75, 3.05) is 0 Å². The lowest BCUT2D eigenvalue weighted by atomic mass is 10.0. The van der Waals surface area contributed by atoms with E-state index in [1.807, 2.05) is 38.1 Å². The average molecular weight is 408 g/mol. The molecule has 0 radical (unpaired) electrons. The maximum absolute atomic E-state index is 12.8. The first-order valence-electron chi connectivity index (χ1n) is 9.20. The van der Waals surface area contributed by atoms with Crippen LogP contribution >= 0.6 is 11.6 Å². The maximum Gasteiger partial charge on any atom is 0.340 e. The molecule has 2 aromatic carbocycles. The number of fused-ring (bicyclic) bond motifs is 1. The van der Waals surface area contributed by atoms with E-state index in [2.05, 4.69) is 15.2 Å². The van der Waals surface area contributed by atoms with Gasteiger partial charge in [0.1, 0.15) is 0 Å². The van der Waals surface area contributed by atoms with E-state index in [0.29, 0.717) is 28.6 Å². The molecule has 0 aliphatic rings. The molecule has 0 unspecified atom stereocenters. The molecule has 0 aliphatic carbocycles. The Morgan fingerprint density at radius 3 is 2.62 bits per heavy atom. The van der Waals surface area contributed by atoms with Gasteiger partial charge in [-0.1, -0.05) is 36.7 Å². The van der Waals surface area contributed by atoms with Gasteiger partial charge in [-0.15, -0.1) is 10.2 Å². The molecule has 0 saturated carbocycles. The fourth-order valence-electron chi connectivity index (χ4n) is 3.19. The summed E-state index contributed by atoms with van der Waals surface area (Å²) >= 11 is 5.89. The smallest absolute Gasteiger partial charge is 0.340 e. The number of hydrogen-bond acceptors (Lipinski definition) is 6. The molecule has 0 atom stereocenters. The number of aromatic nitrogens is 3. The third kappa shape index (κ3) is 3.84. The van der Waals surface area contributed by atoms with Crippen LogP contribution < -0.4 is 0 Å². The second-order valence-electron chi connectivity index (χ2n) is 6.51. The van der Waals surface area contributed by atoms with Crippen LogP contribution in [0.15, 0.2) is 52.9 Å².